The topological polar surface area (TPSA) is 15.3 Å². The summed E-state index contributed by atoms with van der Waals surface area (Å²) in [7, 11) is 0. The third-order valence-electron chi connectivity index (χ3n) is 7.33. The van der Waals surface area contributed by atoms with E-state index in [0.29, 0.717) is 12.1 Å². The van der Waals surface area contributed by atoms with Crippen molar-refractivity contribution >= 4 is 5.69 Å². The van der Waals surface area contributed by atoms with Gasteiger partial charge in [-0.15, -0.1) is 0 Å². The molecule has 202 valence electrons. The van der Waals surface area contributed by atoms with Crippen molar-refractivity contribution in [2.45, 2.75) is 62.6 Å². The summed E-state index contributed by atoms with van der Waals surface area (Å²) in [5.41, 5.74) is -4.22. The van der Waals surface area contributed by atoms with Gasteiger partial charge in [-0.2, -0.15) is 39.5 Å². The third kappa shape index (κ3) is 5.13. The van der Waals surface area contributed by atoms with Crippen LogP contribution < -0.4 is 10.2 Å². The maximum Gasteiger partial charge on any atom is 0.416 e. The van der Waals surface area contributed by atoms with Crippen LogP contribution in [0.4, 0.5) is 45.2 Å². The van der Waals surface area contributed by atoms with Crippen LogP contribution in [0.5, 0.6) is 0 Å². The van der Waals surface area contributed by atoms with Gasteiger partial charge in [0.2, 0.25) is 0 Å². The predicted octanol–water partition coefficient (Wildman–Crippen LogP) is 7.94. The van der Waals surface area contributed by atoms with Crippen LogP contribution in [-0.2, 0) is 24.2 Å². The van der Waals surface area contributed by atoms with Gasteiger partial charge in [0.25, 0.3) is 0 Å². The van der Waals surface area contributed by atoms with E-state index in [1.54, 1.807) is 18.2 Å². The number of alkyl halides is 9. The van der Waals surface area contributed by atoms with Gasteiger partial charge in [0.1, 0.15) is 5.41 Å². The fourth-order valence-corrected chi connectivity index (χ4v) is 5.19. The van der Waals surface area contributed by atoms with E-state index in [-0.39, 0.29) is 30.8 Å². The first-order valence-corrected chi connectivity index (χ1v) is 11.7. The Labute approximate surface area is 208 Å². The van der Waals surface area contributed by atoms with Gasteiger partial charge in [-0.1, -0.05) is 19.6 Å². The van der Waals surface area contributed by atoms with Gasteiger partial charge in [-0.3, -0.25) is 0 Å². The number of nitrogens with zero attached hydrogens (tertiary/aromatic N) is 1. The minimum absolute atomic E-state index is 0.0234. The average molecular weight is 536 g/mol. The summed E-state index contributed by atoms with van der Waals surface area (Å²) < 4.78 is 124. The molecule has 1 aliphatic carbocycles. The fraction of sp³-hybridized carbons (Fsp3) is 0.462. The van der Waals surface area contributed by atoms with Gasteiger partial charge < -0.3 is 10.2 Å². The highest BCUT2D eigenvalue weighted by atomic mass is 19.4. The van der Waals surface area contributed by atoms with Gasteiger partial charge in [-0.25, -0.2) is 0 Å². The zero-order valence-electron chi connectivity index (χ0n) is 19.8. The molecule has 0 aromatic heterocycles. The van der Waals surface area contributed by atoms with Gasteiger partial charge in [0, 0.05) is 24.5 Å². The van der Waals surface area contributed by atoms with Crippen molar-refractivity contribution in [1.82, 2.24) is 5.32 Å². The molecular formula is C26H25F9N2. The lowest BCUT2D eigenvalue weighted by Crippen LogP contribution is -2.45. The van der Waals surface area contributed by atoms with Crippen LogP contribution in [-0.4, -0.2) is 19.3 Å². The molecule has 2 aromatic rings. The second-order valence-corrected chi connectivity index (χ2v) is 9.62. The molecule has 1 aliphatic heterocycles. The number of anilines is 1. The summed E-state index contributed by atoms with van der Waals surface area (Å²) in [6, 6.07) is 5.47. The summed E-state index contributed by atoms with van der Waals surface area (Å²) >= 11 is 0. The molecule has 2 aliphatic rings. The van der Waals surface area contributed by atoms with E-state index in [1.807, 2.05) is 6.92 Å². The van der Waals surface area contributed by atoms with Crippen molar-refractivity contribution in [2.24, 2.45) is 0 Å². The van der Waals surface area contributed by atoms with Crippen molar-refractivity contribution in [2.75, 3.05) is 18.0 Å². The lowest BCUT2D eigenvalue weighted by Gasteiger charge is -2.33. The molecule has 1 saturated heterocycles. The maximum absolute atomic E-state index is 14.5. The first-order chi connectivity index (χ1) is 17.0. The quantitative estimate of drug-likeness (QED) is 0.391. The van der Waals surface area contributed by atoms with E-state index in [1.165, 1.54) is 4.90 Å². The molecule has 1 N–H and O–H groups in total. The lowest BCUT2D eigenvalue weighted by molar-refractivity contribution is -0.185. The molecule has 1 fully saturated rings. The van der Waals surface area contributed by atoms with Gasteiger partial charge in [0.15, 0.2) is 0 Å². The number of rotatable bonds is 5. The molecule has 0 bridgehead atoms. The van der Waals surface area contributed by atoms with Gasteiger partial charge in [0.05, 0.1) is 17.2 Å². The Balaban J connectivity index is 1.71. The van der Waals surface area contributed by atoms with E-state index in [2.05, 4.69) is 11.9 Å². The van der Waals surface area contributed by atoms with E-state index in [9.17, 15) is 39.5 Å². The van der Waals surface area contributed by atoms with Crippen LogP contribution in [0.15, 0.2) is 48.7 Å². The Morgan fingerprint density at radius 2 is 1.59 bits per heavy atom. The molecule has 0 amide bonds. The van der Waals surface area contributed by atoms with Crippen molar-refractivity contribution in [3.8, 4) is 0 Å². The van der Waals surface area contributed by atoms with Gasteiger partial charge in [-0.05, 0) is 72.7 Å². The van der Waals surface area contributed by atoms with Crippen LogP contribution in [0.2, 0.25) is 0 Å². The monoisotopic (exact) mass is 536 g/mol. The molecule has 37 heavy (non-hydrogen) atoms. The number of aryl methyl sites for hydroxylation is 1. The third-order valence-corrected chi connectivity index (χ3v) is 7.33. The molecule has 0 radical (unpaired) electrons. The zero-order valence-corrected chi connectivity index (χ0v) is 19.8. The highest BCUT2D eigenvalue weighted by molar-refractivity contribution is 5.56. The van der Waals surface area contributed by atoms with Crippen LogP contribution >= 0.6 is 0 Å². The first kappa shape index (κ1) is 27.2. The summed E-state index contributed by atoms with van der Waals surface area (Å²) in [6.45, 7) is 4.92. The molecule has 0 saturated carbocycles. The van der Waals surface area contributed by atoms with Crippen molar-refractivity contribution in [3.05, 3.63) is 76.5 Å². The van der Waals surface area contributed by atoms with E-state index in [4.69, 9.17) is 0 Å². The minimum Gasteiger partial charge on any atom is -0.382 e. The van der Waals surface area contributed by atoms with Crippen LogP contribution in [0, 0.1) is 0 Å². The fourth-order valence-electron chi connectivity index (χ4n) is 5.19. The summed E-state index contributed by atoms with van der Waals surface area (Å²) in [4.78, 5) is 1.38. The summed E-state index contributed by atoms with van der Waals surface area (Å²) in [6.07, 6.45) is -14.0. The highest BCUT2D eigenvalue weighted by Crippen LogP contribution is 2.51. The number of fused-ring (bicyclic) bond motifs is 1. The Morgan fingerprint density at radius 3 is 2.14 bits per heavy atom. The largest absolute Gasteiger partial charge is 0.416 e. The van der Waals surface area contributed by atoms with Crippen molar-refractivity contribution < 1.29 is 39.5 Å². The van der Waals surface area contributed by atoms with Crippen LogP contribution in [0.25, 0.3) is 0 Å². The maximum atomic E-state index is 14.5. The Bertz CT molecular complexity index is 1150. The number of hydrogen-bond acceptors (Lipinski definition) is 2. The predicted molar refractivity (Wildman–Crippen MR) is 121 cm³/mol. The Kier molecular flexibility index (Phi) is 6.73. The lowest BCUT2D eigenvalue weighted by atomic mass is 9.77. The normalized spacial score (nSPS) is 22.3. The molecule has 1 heterocycles. The Hall–Kier alpha value is -2.85. The number of halogens is 9. The first-order valence-electron chi connectivity index (χ1n) is 11.7. The molecule has 0 spiro atoms. The number of nitrogens with one attached hydrogen (secondary N) is 1. The molecule has 4 rings (SSSR count). The van der Waals surface area contributed by atoms with Gasteiger partial charge >= 0.3 is 18.5 Å². The number of allylic oxidation sites excluding steroid dienone is 1. The van der Waals surface area contributed by atoms with E-state index in [0.717, 1.165) is 29.7 Å². The van der Waals surface area contributed by atoms with Crippen LogP contribution in [0.3, 0.4) is 0 Å². The zero-order chi connectivity index (χ0) is 27.4. The second-order valence-electron chi connectivity index (χ2n) is 9.62. The molecule has 11 heteroatoms. The molecule has 2 aromatic carbocycles. The Morgan fingerprint density at radius 1 is 0.973 bits per heavy atom. The molecular weight excluding hydrogens is 511 g/mol. The molecule has 2 nitrogen and oxygen atoms in total. The van der Waals surface area contributed by atoms with Crippen molar-refractivity contribution in [1.29, 1.82) is 0 Å². The second kappa shape index (κ2) is 9.16. The highest BCUT2D eigenvalue weighted by Gasteiger charge is 2.60. The molecule has 2 unspecified atom stereocenters. The smallest absolute Gasteiger partial charge is 0.382 e. The summed E-state index contributed by atoms with van der Waals surface area (Å²) in [5, 5.41) is 3.32. The minimum atomic E-state index is -5.24. The number of benzene rings is 2. The van der Waals surface area contributed by atoms with Crippen molar-refractivity contribution in [3.63, 3.8) is 0 Å². The summed E-state index contributed by atoms with van der Waals surface area (Å²) in [5.74, 6) is 0. The number of hydrogen-bond donors (Lipinski definition) is 1. The van der Waals surface area contributed by atoms with Crippen LogP contribution in [0.1, 0.15) is 60.0 Å². The van der Waals surface area contributed by atoms with E-state index >= 15 is 0 Å². The van der Waals surface area contributed by atoms with E-state index < -0.39 is 53.6 Å². The molecule has 2 atom stereocenters. The SMILES string of the molecule is C=C(CC)NC1CCc2cc(N3CCC(c4cc(C(F)(F)F)cc(C(F)(F)F)c4)(C(F)(F)F)C3)ccc21. The standard InChI is InChI=1S/C26H25F9N2/c1-3-15(2)36-22-7-4-16-10-20(5-6-21(16)22)37-9-8-23(14-37,26(33,34)35)17-11-18(24(27,28)29)13-19(12-17)25(30,31)32/h5-6,10-13,22,36H,2-4,7-9,14H2,1H3. The average Bonchev–Trinajstić information content (AvgIpc) is 3.43.